The van der Waals surface area contributed by atoms with Gasteiger partial charge in [-0.25, -0.2) is 13.6 Å². The van der Waals surface area contributed by atoms with Crippen LogP contribution in [0.3, 0.4) is 0 Å². The molecule has 0 saturated carbocycles. The zero-order chi connectivity index (χ0) is 17.2. The van der Waals surface area contributed by atoms with E-state index in [1.165, 1.54) is 5.56 Å². The summed E-state index contributed by atoms with van der Waals surface area (Å²) >= 11 is 0. The molecule has 2 N–H and O–H groups in total. The van der Waals surface area contributed by atoms with Crippen LogP contribution >= 0.6 is 0 Å². The summed E-state index contributed by atoms with van der Waals surface area (Å²) in [6.07, 6.45) is 5.74. The lowest BCUT2D eigenvalue weighted by molar-refractivity contribution is 0.202. The first-order chi connectivity index (χ1) is 11.4. The molecule has 0 amide bonds. The van der Waals surface area contributed by atoms with Crippen LogP contribution in [0.1, 0.15) is 35.7 Å². The quantitative estimate of drug-likeness (QED) is 0.912. The lowest BCUT2D eigenvalue weighted by atomic mass is 9.89. The molecule has 0 radical (unpaired) electrons. The van der Waals surface area contributed by atoms with Crippen molar-refractivity contribution in [1.82, 2.24) is 14.9 Å². The topological polar surface area (TPSA) is 89.2 Å². The van der Waals surface area contributed by atoms with Gasteiger partial charge >= 0.3 is 0 Å². The zero-order valence-corrected chi connectivity index (χ0v) is 14.5. The van der Waals surface area contributed by atoms with Gasteiger partial charge in [-0.05, 0) is 56.5 Å². The molecule has 1 aliphatic heterocycles. The first-order valence-corrected chi connectivity index (χ1v) is 9.59. The van der Waals surface area contributed by atoms with E-state index in [1.54, 1.807) is 18.3 Å². The van der Waals surface area contributed by atoms with Crippen LogP contribution < -0.4 is 5.14 Å². The SMILES string of the molecule is Cc1cnc(CN2CCC(c3ccc(S(N)(=O)=O)cc3)CC2)cn1. The van der Waals surface area contributed by atoms with Gasteiger partial charge in [0.15, 0.2) is 0 Å². The number of nitrogens with two attached hydrogens (primary N) is 1. The molecule has 0 unspecified atom stereocenters. The number of likely N-dealkylation sites (tertiary alicyclic amines) is 1. The fraction of sp³-hybridized carbons (Fsp3) is 0.412. The Kier molecular flexibility index (Phi) is 4.93. The van der Waals surface area contributed by atoms with Crippen LogP contribution in [0.2, 0.25) is 0 Å². The van der Waals surface area contributed by atoms with Crippen LogP contribution in [-0.4, -0.2) is 36.4 Å². The van der Waals surface area contributed by atoms with Crippen molar-refractivity contribution in [2.75, 3.05) is 13.1 Å². The number of benzene rings is 1. The van der Waals surface area contributed by atoms with Gasteiger partial charge in [-0.2, -0.15) is 0 Å². The van der Waals surface area contributed by atoms with E-state index in [-0.39, 0.29) is 4.90 Å². The smallest absolute Gasteiger partial charge is 0.238 e. The van der Waals surface area contributed by atoms with Crippen LogP contribution in [0.25, 0.3) is 0 Å². The predicted octanol–water partition coefficient (Wildman–Crippen LogP) is 1.81. The molecule has 24 heavy (non-hydrogen) atoms. The lowest BCUT2D eigenvalue weighted by Crippen LogP contribution is -2.32. The van der Waals surface area contributed by atoms with Crippen LogP contribution in [0.4, 0.5) is 0 Å². The van der Waals surface area contributed by atoms with Gasteiger partial charge in [-0.3, -0.25) is 14.9 Å². The van der Waals surface area contributed by atoms with E-state index in [9.17, 15) is 8.42 Å². The normalized spacial score (nSPS) is 17.1. The standard InChI is InChI=1S/C17H22N4O2S/c1-13-10-20-16(11-19-13)12-21-8-6-15(7-9-21)14-2-4-17(5-3-14)24(18,22)23/h2-5,10-11,15H,6-9,12H2,1H3,(H2,18,22,23). The van der Waals surface area contributed by atoms with Crippen molar-refractivity contribution < 1.29 is 8.42 Å². The Balaban J connectivity index is 1.57. The minimum absolute atomic E-state index is 0.168. The third-order valence-corrected chi connectivity index (χ3v) is 5.42. The second-order valence-corrected chi connectivity index (χ2v) is 7.88. The number of rotatable bonds is 4. The number of primary sulfonamides is 1. The van der Waals surface area contributed by atoms with Crippen molar-refractivity contribution in [3.8, 4) is 0 Å². The van der Waals surface area contributed by atoms with Gasteiger partial charge in [0, 0.05) is 18.9 Å². The second kappa shape index (κ2) is 6.96. The van der Waals surface area contributed by atoms with Crippen LogP contribution in [0, 0.1) is 6.92 Å². The molecule has 2 aromatic rings. The number of nitrogens with zero attached hydrogens (tertiary/aromatic N) is 3. The third-order valence-electron chi connectivity index (χ3n) is 4.49. The number of aryl methyl sites for hydroxylation is 1. The molecule has 1 aromatic carbocycles. The summed E-state index contributed by atoms with van der Waals surface area (Å²) in [4.78, 5) is 11.2. The number of hydrogen-bond donors (Lipinski definition) is 1. The van der Waals surface area contributed by atoms with E-state index in [0.29, 0.717) is 5.92 Å². The maximum absolute atomic E-state index is 11.3. The molecule has 128 valence electrons. The van der Waals surface area contributed by atoms with Gasteiger partial charge in [0.2, 0.25) is 10.0 Å². The highest BCUT2D eigenvalue weighted by atomic mass is 32.2. The zero-order valence-electron chi connectivity index (χ0n) is 13.7. The summed E-state index contributed by atoms with van der Waals surface area (Å²) in [5.74, 6) is 0.458. The Morgan fingerprint density at radius 1 is 1.12 bits per heavy atom. The van der Waals surface area contributed by atoms with Gasteiger partial charge in [0.25, 0.3) is 0 Å². The highest BCUT2D eigenvalue weighted by Crippen LogP contribution is 2.29. The molecular formula is C17H22N4O2S. The van der Waals surface area contributed by atoms with E-state index in [0.717, 1.165) is 43.9 Å². The molecule has 1 aliphatic rings. The van der Waals surface area contributed by atoms with Crippen LogP contribution in [0.5, 0.6) is 0 Å². The first kappa shape index (κ1) is 17.0. The Hall–Kier alpha value is -1.83. The summed E-state index contributed by atoms with van der Waals surface area (Å²) in [6.45, 7) is 4.75. The summed E-state index contributed by atoms with van der Waals surface area (Å²) < 4.78 is 22.6. The Bertz CT molecular complexity index is 780. The number of aromatic nitrogens is 2. The minimum atomic E-state index is -3.62. The van der Waals surface area contributed by atoms with Gasteiger partial charge in [0.1, 0.15) is 0 Å². The molecule has 0 bridgehead atoms. The van der Waals surface area contributed by atoms with Gasteiger partial charge < -0.3 is 0 Å². The number of piperidine rings is 1. The molecule has 1 aromatic heterocycles. The van der Waals surface area contributed by atoms with E-state index < -0.39 is 10.0 Å². The fourth-order valence-electron chi connectivity index (χ4n) is 3.08. The largest absolute Gasteiger partial charge is 0.297 e. The molecule has 0 atom stereocenters. The average Bonchev–Trinajstić information content (AvgIpc) is 2.57. The van der Waals surface area contributed by atoms with Crippen LogP contribution in [0.15, 0.2) is 41.6 Å². The summed E-state index contributed by atoms with van der Waals surface area (Å²) in [5.41, 5.74) is 3.11. The number of sulfonamides is 1. The molecule has 7 heteroatoms. The van der Waals surface area contributed by atoms with Crippen molar-refractivity contribution >= 4 is 10.0 Å². The Morgan fingerprint density at radius 3 is 2.33 bits per heavy atom. The monoisotopic (exact) mass is 346 g/mol. The maximum Gasteiger partial charge on any atom is 0.238 e. The van der Waals surface area contributed by atoms with Crippen molar-refractivity contribution in [3.05, 3.63) is 53.6 Å². The predicted molar refractivity (Wildman–Crippen MR) is 91.8 cm³/mol. The molecule has 0 spiro atoms. The second-order valence-electron chi connectivity index (χ2n) is 6.31. The van der Waals surface area contributed by atoms with Crippen LogP contribution in [-0.2, 0) is 16.6 Å². The van der Waals surface area contributed by atoms with Gasteiger partial charge in [-0.1, -0.05) is 12.1 Å². The van der Waals surface area contributed by atoms with Crippen molar-refractivity contribution in [2.24, 2.45) is 5.14 Å². The highest BCUT2D eigenvalue weighted by molar-refractivity contribution is 7.89. The molecule has 2 heterocycles. The van der Waals surface area contributed by atoms with E-state index in [2.05, 4.69) is 14.9 Å². The average molecular weight is 346 g/mol. The molecule has 0 aliphatic carbocycles. The Labute approximate surface area is 142 Å². The minimum Gasteiger partial charge on any atom is -0.297 e. The first-order valence-electron chi connectivity index (χ1n) is 8.04. The summed E-state index contributed by atoms with van der Waals surface area (Å²) in [7, 11) is -3.62. The molecule has 1 saturated heterocycles. The maximum atomic E-state index is 11.3. The van der Waals surface area contributed by atoms with Gasteiger partial charge in [-0.15, -0.1) is 0 Å². The lowest BCUT2D eigenvalue weighted by Gasteiger charge is -2.31. The molecule has 1 fully saturated rings. The van der Waals surface area contributed by atoms with Crippen molar-refractivity contribution in [3.63, 3.8) is 0 Å². The number of hydrogen-bond acceptors (Lipinski definition) is 5. The van der Waals surface area contributed by atoms with E-state index in [4.69, 9.17) is 5.14 Å². The summed E-state index contributed by atoms with van der Waals surface area (Å²) in [6, 6.07) is 6.95. The van der Waals surface area contributed by atoms with Crippen molar-refractivity contribution in [2.45, 2.75) is 37.1 Å². The summed E-state index contributed by atoms with van der Waals surface area (Å²) in [5, 5.41) is 5.14. The Morgan fingerprint density at radius 2 is 1.79 bits per heavy atom. The highest BCUT2D eigenvalue weighted by Gasteiger charge is 2.21. The van der Waals surface area contributed by atoms with E-state index in [1.807, 2.05) is 25.3 Å². The molecule has 6 nitrogen and oxygen atoms in total. The van der Waals surface area contributed by atoms with E-state index >= 15 is 0 Å². The van der Waals surface area contributed by atoms with Gasteiger partial charge in [0.05, 0.1) is 16.3 Å². The molecular weight excluding hydrogens is 324 g/mol. The third kappa shape index (κ3) is 4.17. The fourth-order valence-corrected chi connectivity index (χ4v) is 3.60. The molecule has 3 rings (SSSR count). The van der Waals surface area contributed by atoms with Crippen molar-refractivity contribution in [1.29, 1.82) is 0 Å².